The van der Waals surface area contributed by atoms with Crippen LogP contribution < -0.4 is 10.2 Å². The summed E-state index contributed by atoms with van der Waals surface area (Å²) in [5, 5.41) is 2.73. The van der Waals surface area contributed by atoms with Gasteiger partial charge in [0.2, 0.25) is 11.8 Å². The predicted molar refractivity (Wildman–Crippen MR) is 120 cm³/mol. The van der Waals surface area contributed by atoms with E-state index in [0.29, 0.717) is 31.7 Å². The van der Waals surface area contributed by atoms with Gasteiger partial charge in [0.1, 0.15) is 6.04 Å². The van der Waals surface area contributed by atoms with Gasteiger partial charge in [-0.15, -0.1) is 0 Å². The van der Waals surface area contributed by atoms with Crippen LogP contribution in [0.25, 0.3) is 0 Å². The molecule has 0 saturated carbocycles. The fraction of sp³-hybridized carbons (Fsp3) is 0.500. The van der Waals surface area contributed by atoms with E-state index in [9.17, 15) is 19.2 Å². The molecule has 0 radical (unpaired) electrons. The van der Waals surface area contributed by atoms with Crippen LogP contribution in [0.15, 0.2) is 36.4 Å². The summed E-state index contributed by atoms with van der Waals surface area (Å²) >= 11 is 0. The Kier molecular flexibility index (Phi) is 6.78. The lowest BCUT2D eigenvalue weighted by Gasteiger charge is -2.29. The highest BCUT2D eigenvalue weighted by atomic mass is 16.5. The van der Waals surface area contributed by atoms with Crippen LogP contribution in [0.1, 0.15) is 26.7 Å². The van der Waals surface area contributed by atoms with Gasteiger partial charge in [0.25, 0.3) is 5.91 Å². The zero-order valence-electron chi connectivity index (χ0n) is 18.9. The first-order valence-electron chi connectivity index (χ1n) is 11.3. The Balaban J connectivity index is 1.31. The smallest absolute Gasteiger partial charge is 0.329 e. The highest BCUT2D eigenvalue weighted by Gasteiger charge is 2.50. The lowest BCUT2D eigenvalue weighted by atomic mass is 9.85. The Morgan fingerprint density at radius 3 is 2.15 bits per heavy atom. The molecule has 0 spiro atoms. The van der Waals surface area contributed by atoms with Crippen molar-refractivity contribution in [1.82, 2.24) is 4.90 Å². The van der Waals surface area contributed by atoms with Gasteiger partial charge in [-0.1, -0.05) is 12.2 Å². The maximum Gasteiger partial charge on any atom is 0.329 e. The molecule has 2 aliphatic heterocycles. The van der Waals surface area contributed by atoms with Crippen molar-refractivity contribution >= 4 is 35.1 Å². The molecule has 4 rings (SSSR count). The van der Waals surface area contributed by atoms with Crippen molar-refractivity contribution < 1.29 is 28.7 Å². The van der Waals surface area contributed by atoms with Crippen molar-refractivity contribution in [2.24, 2.45) is 11.8 Å². The summed E-state index contributed by atoms with van der Waals surface area (Å²) < 4.78 is 10.7. The van der Waals surface area contributed by atoms with Crippen molar-refractivity contribution in [2.45, 2.75) is 38.8 Å². The van der Waals surface area contributed by atoms with Gasteiger partial charge in [-0.25, -0.2) is 4.79 Å². The molecule has 3 aliphatic rings. The molecule has 1 aromatic carbocycles. The number of rotatable bonds is 6. The number of likely N-dealkylation sites (tertiary alicyclic amines) is 1. The van der Waals surface area contributed by atoms with E-state index in [1.165, 1.54) is 13.8 Å². The SMILES string of the molecule is C[C@H](OC(=O)[C@H](C)N1C(=O)[C@H]2CC=CC[C@H]2C1=O)C(=O)Nc1ccc(N2CCOCC2)cc1. The van der Waals surface area contributed by atoms with E-state index in [-0.39, 0.29) is 11.8 Å². The molecule has 1 N–H and O–H groups in total. The molecule has 3 amide bonds. The molecule has 9 nitrogen and oxygen atoms in total. The molecule has 176 valence electrons. The van der Waals surface area contributed by atoms with Gasteiger partial charge in [-0.3, -0.25) is 19.3 Å². The van der Waals surface area contributed by atoms with Crippen LogP contribution in [0, 0.1) is 11.8 Å². The van der Waals surface area contributed by atoms with Gasteiger partial charge < -0.3 is 19.7 Å². The normalized spacial score (nSPS) is 24.3. The summed E-state index contributed by atoms with van der Waals surface area (Å²) in [5.74, 6) is -2.81. The zero-order chi connectivity index (χ0) is 23.5. The Hall–Kier alpha value is -3.20. The quantitative estimate of drug-likeness (QED) is 0.396. The fourth-order valence-electron chi connectivity index (χ4n) is 4.46. The number of anilines is 2. The number of carbonyl (C=O) groups excluding carboxylic acids is 4. The number of morpholine rings is 1. The van der Waals surface area contributed by atoms with Crippen LogP contribution in [0.3, 0.4) is 0 Å². The van der Waals surface area contributed by atoms with Crippen LogP contribution in [0.4, 0.5) is 11.4 Å². The maximum atomic E-state index is 12.7. The number of carbonyl (C=O) groups is 4. The lowest BCUT2D eigenvalue weighted by molar-refractivity contribution is -0.163. The van der Waals surface area contributed by atoms with Crippen LogP contribution >= 0.6 is 0 Å². The van der Waals surface area contributed by atoms with Crippen molar-refractivity contribution in [1.29, 1.82) is 0 Å². The minimum atomic E-state index is -1.09. The number of hydrogen-bond donors (Lipinski definition) is 1. The lowest BCUT2D eigenvalue weighted by Crippen LogP contribution is -2.46. The number of hydrogen-bond acceptors (Lipinski definition) is 7. The Labute approximate surface area is 192 Å². The van der Waals surface area contributed by atoms with Crippen LogP contribution in [-0.4, -0.2) is 67.0 Å². The Morgan fingerprint density at radius 2 is 1.58 bits per heavy atom. The number of amides is 3. The van der Waals surface area contributed by atoms with Gasteiger partial charge in [0.15, 0.2) is 6.10 Å². The number of ether oxygens (including phenoxy) is 2. The number of nitrogens with zero attached hydrogens (tertiary/aromatic N) is 2. The molecule has 2 heterocycles. The fourth-order valence-corrected chi connectivity index (χ4v) is 4.46. The monoisotopic (exact) mass is 455 g/mol. The van der Waals surface area contributed by atoms with Crippen molar-refractivity contribution in [3.05, 3.63) is 36.4 Å². The number of imide groups is 1. The van der Waals surface area contributed by atoms with E-state index in [1.807, 2.05) is 24.3 Å². The van der Waals surface area contributed by atoms with E-state index in [0.717, 1.165) is 23.7 Å². The second-order valence-corrected chi connectivity index (χ2v) is 8.59. The van der Waals surface area contributed by atoms with Gasteiger partial charge in [-0.05, 0) is 51.0 Å². The summed E-state index contributed by atoms with van der Waals surface area (Å²) in [6, 6.07) is 6.32. The van der Waals surface area contributed by atoms with Gasteiger partial charge in [-0.2, -0.15) is 0 Å². The number of allylic oxidation sites excluding steroid dienone is 2. The highest BCUT2D eigenvalue weighted by Crippen LogP contribution is 2.36. The topological polar surface area (TPSA) is 105 Å². The predicted octanol–water partition coefficient (Wildman–Crippen LogP) is 1.73. The third-order valence-corrected chi connectivity index (χ3v) is 6.44. The molecule has 1 aromatic rings. The third-order valence-electron chi connectivity index (χ3n) is 6.44. The average molecular weight is 456 g/mol. The maximum absolute atomic E-state index is 12.7. The average Bonchev–Trinajstić information content (AvgIpc) is 3.09. The number of nitrogens with one attached hydrogen (secondary N) is 1. The summed E-state index contributed by atoms with van der Waals surface area (Å²) in [6.07, 6.45) is 3.68. The van der Waals surface area contributed by atoms with E-state index in [4.69, 9.17) is 9.47 Å². The number of benzene rings is 1. The van der Waals surface area contributed by atoms with Gasteiger partial charge >= 0.3 is 5.97 Å². The van der Waals surface area contributed by atoms with Crippen LogP contribution in [0.5, 0.6) is 0 Å². The molecular formula is C24H29N3O6. The minimum Gasteiger partial charge on any atom is -0.451 e. The first-order valence-corrected chi connectivity index (χ1v) is 11.3. The van der Waals surface area contributed by atoms with E-state index in [1.54, 1.807) is 12.1 Å². The van der Waals surface area contributed by atoms with Gasteiger partial charge in [0, 0.05) is 24.5 Å². The zero-order valence-corrected chi connectivity index (χ0v) is 18.9. The first-order chi connectivity index (χ1) is 15.9. The summed E-state index contributed by atoms with van der Waals surface area (Å²) in [5.41, 5.74) is 1.62. The molecule has 33 heavy (non-hydrogen) atoms. The highest BCUT2D eigenvalue weighted by molar-refractivity contribution is 6.08. The Bertz CT molecular complexity index is 927. The molecule has 9 heteroatoms. The molecule has 0 bridgehead atoms. The van der Waals surface area contributed by atoms with Crippen molar-refractivity contribution in [3.8, 4) is 0 Å². The molecule has 4 atom stereocenters. The second-order valence-electron chi connectivity index (χ2n) is 8.59. The molecule has 1 aliphatic carbocycles. The standard InChI is InChI=1S/C24H29N3O6/c1-15(27-22(29)19-5-3-4-6-20(19)23(27)30)24(31)33-16(2)21(28)25-17-7-9-18(10-8-17)26-11-13-32-14-12-26/h3-4,7-10,15-16,19-20H,5-6,11-14H2,1-2H3,(H,25,28)/t15-,16-,19-,20+/m0/s1. The van der Waals surface area contributed by atoms with E-state index in [2.05, 4.69) is 10.2 Å². The Morgan fingerprint density at radius 1 is 1.00 bits per heavy atom. The molecular weight excluding hydrogens is 426 g/mol. The third kappa shape index (κ3) is 4.78. The molecule has 2 fully saturated rings. The summed E-state index contributed by atoms with van der Waals surface area (Å²) in [7, 11) is 0. The second kappa shape index (κ2) is 9.74. The van der Waals surface area contributed by atoms with Crippen molar-refractivity contribution in [3.63, 3.8) is 0 Å². The van der Waals surface area contributed by atoms with E-state index >= 15 is 0 Å². The summed E-state index contributed by atoms with van der Waals surface area (Å²) in [6.45, 7) is 5.92. The van der Waals surface area contributed by atoms with E-state index < -0.39 is 35.9 Å². The molecule has 0 unspecified atom stereocenters. The van der Waals surface area contributed by atoms with Crippen LogP contribution in [0.2, 0.25) is 0 Å². The van der Waals surface area contributed by atoms with Gasteiger partial charge in [0.05, 0.1) is 25.0 Å². The van der Waals surface area contributed by atoms with Crippen LogP contribution in [-0.2, 0) is 28.7 Å². The van der Waals surface area contributed by atoms with Crippen molar-refractivity contribution in [2.75, 3.05) is 36.5 Å². The molecule has 2 saturated heterocycles. The first kappa shape index (κ1) is 23.0. The summed E-state index contributed by atoms with van der Waals surface area (Å²) in [4.78, 5) is 53.7. The number of fused-ring (bicyclic) bond motifs is 1. The largest absolute Gasteiger partial charge is 0.451 e. The molecule has 0 aromatic heterocycles. The minimum absolute atomic E-state index is 0.351. The number of esters is 1.